The van der Waals surface area contributed by atoms with Crippen LogP contribution in [0.15, 0.2) is 0 Å². The first-order valence-electron chi connectivity index (χ1n) is 6.94. The quantitative estimate of drug-likeness (QED) is 0.668. The molecule has 1 saturated heterocycles. The molecular weight excluding hydrogens is 316 g/mol. The lowest BCUT2D eigenvalue weighted by Gasteiger charge is -2.28. The molecule has 0 N–H and O–H groups in total. The average Bonchev–Trinajstić information content (AvgIpc) is 2.63. The largest absolute Gasteiger partial charge is 0.282 e. The third kappa shape index (κ3) is 4.79. The van der Waals surface area contributed by atoms with Gasteiger partial charge in [0.05, 0.1) is 0 Å². The molecule has 18 heavy (non-hydrogen) atoms. The third-order valence-corrected chi connectivity index (χ3v) is 5.70. The highest BCUT2D eigenvalue weighted by Gasteiger charge is 2.28. The van der Waals surface area contributed by atoms with Gasteiger partial charge >= 0.3 is 0 Å². The van der Waals surface area contributed by atoms with Gasteiger partial charge in [-0.3, -0.25) is 0 Å². The zero-order chi connectivity index (χ0) is 13.4. The van der Waals surface area contributed by atoms with Crippen molar-refractivity contribution in [2.75, 3.05) is 31.5 Å². The van der Waals surface area contributed by atoms with E-state index < -0.39 is 10.2 Å². The van der Waals surface area contributed by atoms with Gasteiger partial charge < -0.3 is 0 Å². The third-order valence-electron chi connectivity index (χ3n) is 3.31. The molecule has 0 aromatic carbocycles. The van der Waals surface area contributed by atoms with Crippen molar-refractivity contribution in [1.29, 1.82) is 0 Å². The predicted octanol–water partition coefficient (Wildman–Crippen LogP) is 2.60. The van der Waals surface area contributed by atoms with Crippen LogP contribution in [0.1, 0.15) is 45.4 Å². The molecule has 6 heteroatoms. The Bertz CT molecular complexity index is 314. The molecule has 0 bridgehead atoms. The predicted molar refractivity (Wildman–Crippen MR) is 79.2 cm³/mol. The maximum atomic E-state index is 12.6. The summed E-state index contributed by atoms with van der Waals surface area (Å²) in [5.74, 6) is 0. The second-order valence-corrected chi connectivity index (χ2v) is 7.48. The molecule has 0 atom stereocenters. The van der Waals surface area contributed by atoms with Crippen LogP contribution in [0, 0.1) is 0 Å². The van der Waals surface area contributed by atoms with Crippen molar-refractivity contribution >= 4 is 26.1 Å². The highest BCUT2D eigenvalue weighted by Crippen LogP contribution is 2.17. The van der Waals surface area contributed by atoms with Gasteiger partial charge in [0.25, 0.3) is 10.2 Å². The van der Waals surface area contributed by atoms with E-state index in [0.29, 0.717) is 31.5 Å². The molecule has 108 valence electrons. The number of nitrogens with zero attached hydrogens (tertiary/aromatic N) is 2. The van der Waals surface area contributed by atoms with Gasteiger partial charge in [-0.05, 0) is 19.3 Å². The minimum Gasteiger partial charge on any atom is -0.195 e. The van der Waals surface area contributed by atoms with Crippen LogP contribution in [0.3, 0.4) is 0 Å². The van der Waals surface area contributed by atoms with Gasteiger partial charge in [0, 0.05) is 31.5 Å². The van der Waals surface area contributed by atoms with Crippen LogP contribution < -0.4 is 0 Å². The highest BCUT2D eigenvalue weighted by atomic mass is 79.9. The molecule has 0 radical (unpaired) electrons. The van der Waals surface area contributed by atoms with E-state index in [0.717, 1.165) is 38.5 Å². The number of alkyl halides is 1. The van der Waals surface area contributed by atoms with E-state index in [9.17, 15) is 8.42 Å². The second kappa shape index (κ2) is 8.51. The summed E-state index contributed by atoms with van der Waals surface area (Å²) < 4.78 is 28.4. The summed E-state index contributed by atoms with van der Waals surface area (Å²) >= 11 is 3.35. The van der Waals surface area contributed by atoms with Crippen LogP contribution in [-0.4, -0.2) is 48.5 Å². The molecule has 1 fully saturated rings. The van der Waals surface area contributed by atoms with Crippen molar-refractivity contribution in [2.45, 2.75) is 45.4 Å². The molecule has 1 aliphatic heterocycles. The van der Waals surface area contributed by atoms with E-state index in [1.807, 2.05) is 0 Å². The van der Waals surface area contributed by atoms with E-state index in [4.69, 9.17) is 0 Å². The molecule has 1 rings (SSSR count). The fraction of sp³-hybridized carbons (Fsp3) is 1.00. The van der Waals surface area contributed by atoms with Crippen molar-refractivity contribution in [3.8, 4) is 0 Å². The smallest absolute Gasteiger partial charge is 0.195 e. The molecule has 1 heterocycles. The Kier molecular flexibility index (Phi) is 7.75. The van der Waals surface area contributed by atoms with Gasteiger partial charge in [-0.15, -0.1) is 0 Å². The first-order chi connectivity index (χ1) is 8.62. The molecule has 0 spiro atoms. The fourth-order valence-electron chi connectivity index (χ4n) is 2.21. The maximum absolute atomic E-state index is 12.6. The standard InChI is InChI=1S/C12H25BrN2O2S/c1-2-3-9-15(12-8-13)18(16,17)14-10-6-4-5-7-11-14/h2-12H2,1H3. The first-order valence-corrected chi connectivity index (χ1v) is 9.46. The minimum atomic E-state index is -3.25. The lowest BCUT2D eigenvalue weighted by Crippen LogP contribution is -2.45. The Balaban J connectivity index is 2.71. The molecule has 0 unspecified atom stereocenters. The number of halogens is 1. The molecule has 0 aromatic rings. The van der Waals surface area contributed by atoms with E-state index >= 15 is 0 Å². The van der Waals surface area contributed by atoms with E-state index in [1.54, 1.807) is 8.61 Å². The summed E-state index contributed by atoms with van der Waals surface area (Å²) in [7, 11) is -3.25. The summed E-state index contributed by atoms with van der Waals surface area (Å²) in [4.78, 5) is 0. The summed E-state index contributed by atoms with van der Waals surface area (Å²) in [6.45, 7) is 4.67. The second-order valence-electron chi connectivity index (χ2n) is 4.76. The maximum Gasteiger partial charge on any atom is 0.282 e. The fourth-order valence-corrected chi connectivity index (χ4v) is 4.60. The Labute approximate surface area is 120 Å². The molecule has 0 aliphatic carbocycles. The normalized spacial score (nSPS) is 19.1. The van der Waals surface area contributed by atoms with Gasteiger partial charge in [0.2, 0.25) is 0 Å². The summed E-state index contributed by atoms with van der Waals surface area (Å²) in [5, 5.41) is 0.698. The van der Waals surface area contributed by atoms with Gasteiger partial charge in [0.15, 0.2) is 0 Å². The van der Waals surface area contributed by atoms with Crippen LogP contribution in [-0.2, 0) is 10.2 Å². The SMILES string of the molecule is CCCCN(CCBr)S(=O)(=O)N1CCCCCC1. The van der Waals surface area contributed by atoms with Crippen LogP contribution in [0.5, 0.6) is 0 Å². The molecule has 0 aromatic heterocycles. The number of unbranched alkanes of at least 4 members (excludes halogenated alkanes) is 1. The zero-order valence-electron chi connectivity index (χ0n) is 11.3. The minimum absolute atomic E-state index is 0.568. The summed E-state index contributed by atoms with van der Waals surface area (Å²) in [6, 6.07) is 0. The first kappa shape index (κ1) is 16.4. The average molecular weight is 341 g/mol. The molecule has 1 aliphatic rings. The van der Waals surface area contributed by atoms with Crippen molar-refractivity contribution in [3.05, 3.63) is 0 Å². The molecular formula is C12H25BrN2O2S. The van der Waals surface area contributed by atoms with E-state index in [1.165, 1.54) is 0 Å². The van der Waals surface area contributed by atoms with Gasteiger partial charge in [0.1, 0.15) is 0 Å². The molecule has 0 saturated carbocycles. The van der Waals surface area contributed by atoms with E-state index in [-0.39, 0.29) is 0 Å². The Morgan fingerprint density at radius 3 is 2.22 bits per heavy atom. The topological polar surface area (TPSA) is 40.6 Å². The van der Waals surface area contributed by atoms with Crippen molar-refractivity contribution in [3.63, 3.8) is 0 Å². The molecule has 4 nitrogen and oxygen atoms in total. The van der Waals surface area contributed by atoms with Crippen LogP contribution >= 0.6 is 15.9 Å². The lowest BCUT2D eigenvalue weighted by atomic mass is 10.2. The lowest BCUT2D eigenvalue weighted by molar-refractivity contribution is 0.345. The number of hydrogen-bond acceptors (Lipinski definition) is 2. The van der Waals surface area contributed by atoms with E-state index in [2.05, 4.69) is 22.9 Å². The van der Waals surface area contributed by atoms with Crippen LogP contribution in [0.4, 0.5) is 0 Å². The summed E-state index contributed by atoms with van der Waals surface area (Å²) in [5.41, 5.74) is 0. The highest BCUT2D eigenvalue weighted by molar-refractivity contribution is 9.09. The Morgan fingerprint density at radius 1 is 1.11 bits per heavy atom. The van der Waals surface area contributed by atoms with Crippen molar-refractivity contribution in [1.82, 2.24) is 8.61 Å². The van der Waals surface area contributed by atoms with Crippen molar-refractivity contribution in [2.24, 2.45) is 0 Å². The Hall–Kier alpha value is 0.350. The molecule has 0 amide bonds. The van der Waals surface area contributed by atoms with Crippen LogP contribution in [0.25, 0.3) is 0 Å². The van der Waals surface area contributed by atoms with Gasteiger partial charge in [-0.2, -0.15) is 17.0 Å². The van der Waals surface area contributed by atoms with Crippen LogP contribution in [0.2, 0.25) is 0 Å². The summed E-state index contributed by atoms with van der Waals surface area (Å²) in [6.07, 6.45) is 6.25. The Morgan fingerprint density at radius 2 is 1.72 bits per heavy atom. The zero-order valence-corrected chi connectivity index (χ0v) is 13.7. The van der Waals surface area contributed by atoms with Gasteiger partial charge in [-0.25, -0.2) is 0 Å². The van der Waals surface area contributed by atoms with Crippen molar-refractivity contribution < 1.29 is 8.42 Å². The number of hydrogen-bond donors (Lipinski definition) is 0. The van der Waals surface area contributed by atoms with Gasteiger partial charge in [-0.1, -0.05) is 42.1 Å². The monoisotopic (exact) mass is 340 g/mol. The number of rotatable bonds is 7.